The third-order valence-electron chi connectivity index (χ3n) is 1.74. The molecule has 0 aliphatic heterocycles. The molecule has 0 unspecified atom stereocenters. The third-order valence-corrected chi connectivity index (χ3v) is 2.00. The van der Waals surface area contributed by atoms with Gasteiger partial charge in [-0.3, -0.25) is 4.79 Å². The van der Waals surface area contributed by atoms with Crippen LogP contribution in [0.5, 0.6) is 0 Å². The van der Waals surface area contributed by atoms with Crippen LogP contribution in [-0.2, 0) is 5.88 Å². The number of carboxylic acids is 1. The number of halogens is 3. The van der Waals surface area contributed by atoms with E-state index in [0.717, 1.165) is 0 Å². The van der Waals surface area contributed by atoms with Crippen LogP contribution in [0.1, 0.15) is 28.2 Å². The first-order chi connectivity index (χ1) is 6.97. The smallest absolute Gasteiger partial charge is 0.352 e. The summed E-state index contributed by atoms with van der Waals surface area (Å²) in [5.41, 5.74) is -2.36. The highest BCUT2D eigenvalue weighted by atomic mass is 35.5. The summed E-state index contributed by atoms with van der Waals surface area (Å²) in [7, 11) is 0. The lowest BCUT2D eigenvalue weighted by molar-refractivity contribution is 0.0687. The molecule has 0 radical (unpaired) electrons. The van der Waals surface area contributed by atoms with Gasteiger partial charge in [-0.25, -0.2) is 13.6 Å². The highest BCUT2D eigenvalue weighted by Gasteiger charge is 2.18. The van der Waals surface area contributed by atoms with Gasteiger partial charge < -0.3 is 10.1 Å². The number of hydrogen-bond donors (Lipinski definition) is 2. The molecule has 0 atom stereocenters. The molecule has 0 amide bonds. The fraction of sp³-hybridized carbons (Fsp3) is 0.250. The van der Waals surface area contributed by atoms with Crippen LogP contribution < -0.4 is 5.43 Å². The van der Waals surface area contributed by atoms with Gasteiger partial charge in [0.1, 0.15) is 5.69 Å². The van der Waals surface area contributed by atoms with E-state index in [9.17, 15) is 18.4 Å². The molecule has 1 heterocycles. The Morgan fingerprint density at radius 1 is 1.60 bits per heavy atom. The maximum atomic E-state index is 12.2. The Bertz CT molecular complexity index is 444. The second kappa shape index (κ2) is 4.39. The normalized spacial score (nSPS) is 10.7. The Morgan fingerprint density at radius 2 is 2.20 bits per heavy atom. The lowest BCUT2D eigenvalue weighted by Crippen LogP contribution is -2.18. The van der Waals surface area contributed by atoms with Crippen molar-refractivity contribution in [2.24, 2.45) is 0 Å². The molecule has 1 aromatic heterocycles. The number of nitrogens with one attached hydrogen (secondary N) is 1. The molecule has 0 bridgehead atoms. The van der Waals surface area contributed by atoms with E-state index in [1.807, 2.05) is 4.98 Å². The predicted octanol–water partition coefficient (Wildman–Crippen LogP) is 1.75. The van der Waals surface area contributed by atoms with Gasteiger partial charge in [-0.05, 0) is 0 Å². The first kappa shape index (κ1) is 11.6. The molecule has 4 nitrogen and oxygen atoms in total. The summed E-state index contributed by atoms with van der Waals surface area (Å²) in [6, 6.07) is 0.648. The molecule has 7 heteroatoms. The second-order valence-electron chi connectivity index (χ2n) is 2.68. The van der Waals surface area contributed by atoms with Crippen molar-refractivity contribution in [1.82, 2.24) is 4.98 Å². The fourth-order valence-corrected chi connectivity index (χ4v) is 1.31. The van der Waals surface area contributed by atoms with Crippen LogP contribution in [0.2, 0.25) is 0 Å². The maximum Gasteiger partial charge on any atom is 0.352 e. The average molecular weight is 238 g/mol. The van der Waals surface area contributed by atoms with E-state index in [2.05, 4.69) is 0 Å². The van der Waals surface area contributed by atoms with Crippen LogP contribution in [0.3, 0.4) is 0 Å². The predicted molar refractivity (Wildman–Crippen MR) is 48.5 cm³/mol. The number of pyridine rings is 1. The molecule has 1 rings (SSSR count). The zero-order valence-electron chi connectivity index (χ0n) is 7.26. The number of carbonyl (C=O) groups is 1. The summed E-state index contributed by atoms with van der Waals surface area (Å²) >= 11 is 5.34. The van der Waals surface area contributed by atoms with Crippen molar-refractivity contribution in [3.05, 3.63) is 33.2 Å². The quantitative estimate of drug-likeness (QED) is 0.787. The fourth-order valence-electron chi connectivity index (χ4n) is 1.04. The summed E-state index contributed by atoms with van der Waals surface area (Å²) in [6.45, 7) is 0. The molecule has 0 aliphatic carbocycles. The summed E-state index contributed by atoms with van der Waals surface area (Å²) in [5.74, 6) is -1.84. The molecule has 15 heavy (non-hydrogen) atoms. The number of rotatable bonds is 3. The van der Waals surface area contributed by atoms with Crippen LogP contribution >= 0.6 is 11.6 Å². The number of hydrogen-bond acceptors (Lipinski definition) is 2. The lowest BCUT2D eigenvalue weighted by atomic mass is 10.2. The van der Waals surface area contributed by atoms with E-state index < -0.39 is 29.2 Å². The van der Waals surface area contributed by atoms with Gasteiger partial charge in [0, 0.05) is 11.6 Å². The molecule has 1 aromatic rings. The SMILES string of the molecule is O=C(O)c1[nH]c(C(F)F)cc(=O)c1CCl. The second-order valence-corrected chi connectivity index (χ2v) is 2.95. The summed E-state index contributed by atoms with van der Waals surface area (Å²) in [6.07, 6.45) is -2.93. The van der Waals surface area contributed by atoms with E-state index in [-0.39, 0.29) is 11.4 Å². The number of aromatic amines is 1. The van der Waals surface area contributed by atoms with Gasteiger partial charge >= 0.3 is 5.97 Å². The summed E-state index contributed by atoms with van der Waals surface area (Å²) in [5, 5.41) is 8.65. The van der Waals surface area contributed by atoms with Crippen molar-refractivity contribution in [3.63, 3.8) is 0 Å². The standard InChI is InChI=1S/C8H6ClF2NO3/c9-2-3-5(13)1-4(7(10)11)12-6(3)8(14)15/h1,7H,2H2,(H,12,13)(H,14,15). The topological polar surface area (TPSA) is 70.2 Å². The molecule has 0 saturated heterocycles. The van der Waals surface area contributed by atoms with Gasteiger partial charge in [-0.2, -0.15) is 0 Å². The molecule has 0 fully saturated rings. The van der Waals surface area contributed by atoms with Gasteiger partial charge in [0.2, 0.25) is 0 Å². The Morgan fingerprint density at radius 3 is 2.60 bits per heavy atom. The molecule has 0 saturated carbocycles. The van der Waals surface area contributed by atoms with Crippen LogP contribution in [0.4, 0.5) is 8.78 Å². The van der Waals surface area contributed by atoms with Crippen LogP contribution in [0.15, 0.2) is 10.9 Å². The number of H-pyrrole nitrogens is 1. The average Bonchev–Trinajstić information content (AvgIpc) is 2.16. The Hall–Kier alpha value is -1.43. The minimum atomic E-state index is -2.93. The summed E-state index contributed by atoms with van der Waals surface area (Å²) in [4.78, 5) is 23.8. The zero-order valence-corrected chi connectivity index (χ0v) is 8.02. The van der Waals surface area contributed by atoms with Crippen molar-refractivity contribution in [1.29, 1.82) is 0 Å². The molecule has 82 valence electrons. The van der Waals surface area contributed by atoms with E-state index in [0.29, 0.717) is 6.07 Å². The van der Waals surface area contributed by atoms with Crippen molar-refractivity contribution in [2.45, 2.75) is 12.3 Å². The van der Waals surface area contributed by atoms with E-state index in [1.54, 1.807) is 0 Å². The van der Waals surface area contributed by atoms with Crippen molar-refractivity contribution < 1.29 is 18.7 Å². The minimum absolute atomic E-state index is 0.228. The molecule has 0 aromatic carbocycles. The van der Waals surface area contributed by atoms with Crippen LogP contribution in [0.25, 0.3) is 0 Å². The van der Waals surface area contributed by atoms with Crippen LogP contribution in [-0.4, -0.2) is 16.1 Å². The molecule has 0 aliphatic rings. The minimum Gasteiger partial charge on any atom is -0.477 e. The lowest BCUT2D eigenvalue weighted by Gasteiger charge is -2.05. The molecular weight excluding hydrogens is 232 g/mol. The van der Waals surface area contributed by atoms with Crippen molar-refractivity contribution in [3.8, 4) is 0 Å². The Kier molecular flexibility index (Phi) is 3.41. The van der Waals surface area contributed by atoms with Gasteiger partial charge in [-0.15, -0.1) is 11.6 Å². The molecule has 0 spiro atoms. The third kappa shape index (κ3) is 2.33. The van der Waals surface area contributed by atoms with E-state index in [1.165, 1.54) is 0 Å². The van der Waals surface area contributed by atoms with E-state index >= 15 is 0 Å². The first-order valence-corrected chi connectivity index (χ1v) is 4.34. The van der Waals surface area contributed by atoms with Gasteiger partial charge in [0.05, 0.1) is 11.6 Å². The number of carboxylic acid groups (broad SMARTS) is 1. The monoisotopic (exact) mass is 237 g/mol. The van der Waals surface area contributed by atoms with Gasteiger partial charge in [-0.1, -0.05) is 0 Å². The summed E-state index contributed by atoms with van der Waals surface area (Å²) < 4.78 is 24.5. The van der Waals surface area contributed by atoms with Gasteiger partial charge in [0.15, 0.2) is 5.43 Å². The van der Waals surface area contributed by atoms with Gasteiger partial charge in [0.25, 0.3) is 6.43 Å². The van der Waals surface area contributed by atoms with Crippen LogP contribution in [0, 0.1) is 0 Å². The number of aromatic carboxylic acids is 1. The number of alkyl halides is 3. The van der Waals surface area contributed by atoms with E-state index in [4.69, 9.17) is 16.7 Å². The Balaban J connectivity index is 3.46. The molecule has 2 N–H and O–H groups in total. The first-order valence-electron chi connectivity index (χ1n) is 3.81. The Labute approximate surface area is 87.5 Å². The zero-order chi connectivity index (χ0) is 11.6. The largest absolute Gasteiger partial charge is 0.477 e. The highest BCUT2D eigenvalue weighted by Crippen LogP contribution is 2.16. The maximum absolute atomic E-state index is 12.2. The molecular formula is C8H6ClF2NO3. The van der Waals surface area contributed by atoms with Crippen molar-refractivity contribution >= 4 is 17.6 Å². The highest BCUT2D eigenvalue weighted by molar-refractivity contribution is 6.17. The van der Waals surface area contributed by atoms with Crippen molar-refractivity contribution in [2.75, 3.05) is 0 Å². The number of aromatic nitrogens is 1.